The van der Waals surface area contributed by atoms with Gasteiger partial charge in [-0.25, -0.2) is 0 Å². The van der Waals surface area contributed by atoms with E-state index in [4.69, 9.17) is 18.9 Å². The van der Waals surface area contributed by atoms with Gasteiger partial charge in [-0.05, 0) is 6.42 Å². The Morgan fingerprint density at radius 2 is 1.13 bits per heavy atom. The number of hydrogen-bond donors (Lipinski definition) is 7. The normalized spacial score (nSPS) is 41.4. The molecular weight excluding hydrogens is 416 g/mol. The fraction of sp³-hybridized carbons (Fsp3) is 1.00. The number of rotatable bonds is 12. The average Bonchev–Trinajstić information content (AvgIpc) is 2.77. The molecule has 2 fully saturated rings. The summed E-state index contributed by atoms with van der Waals surface area (Å²) >= 11 is 0. The lowest BCUT2D eigenvalue weighted by Crippen LogP contribution is -2.61. The van der Waals surface area contributed by atoms with Crippen LogP contribution in [0.2, 0.25) is 0 Å². The lowest BCUT2D eigenvalue weighted by molar-refractivity contribution is -0.331. The lowest BCUT2D eigenvalue weighted by atomic mass is 9.98. The van der Waals surface area contributed by atoms with Crippen molar-refractivity contribution in [3.05, 3.63) is 0 Å². The minimum absolute atomic E-state index is 0.316. The molecule has 11 nitrogen and oxygen atoms in total. The van der Waals surface area contributed by atoms with E-state index in [-0.39, 0.29) is 6.61 Å². The van der Waals surface area contributed by atoms with E-state index in [0.29, 0.717) is 6.61 Å². The molecule has 0 bridgehead atoms. The molecule has 0 radical (unpaired) electrons. The molecule has 2 aliphatic heterocycles. The number of unbranched alkanes of at least 4 members (excludes halogenated alkanes) is 5. The quantitative estimate of drug-likeness (QED) is 0.162. The molecule has 184 valence electrons. The molecule has 7 N–H and O–H groups in total. The van der Waals surface area contributed by atoms with E-state index >= 15 is 0 Å². The van der Waals surface area contributed by atoms with Gasteiger partial charge in [0.2, 0.25) is 0 Å². The molecule has 2 rings (SSSR count). The van der Waals surface area contributed by atoms with E-state index in [1.807, 2.05) is 0 Å². The van der Waals surface area contributed by atoms with Crippen LogP contribution in [-0.2, 0) is 18.9 Å². The molecule has 0 spiro atoms. The Morgan fingerprint density at radius 3 is 1.74 bits per heavy atom. The first-order valence-electron chi connectivity index (χ1n) is 11.0. The lowest BCUT2D eigenvalue weighted by Gasteiger charge is -2.42. The summed E-state index contributed by atoms with van der Waals surface area (Å²) in [5, 5.41) is 69.3. The molecule has 0 aliphatic carbocycles. The summed E-state index contributed by atoms with van der Waals surface area (Å²) in [5.41, 5.74) is 0. The third-order valence-electron chi connectivity index (χ3n) is 5.72. The van der Waals surface area contributed by atoms with Crippen molar-refractivity contribution < 1.29 is 54.7 Å². The second kappa shape index (κ2) is 13.3. The van der Waals surface area contributed by atoms with Crippen molar-refractivity contribution in [1.82, 2.24) is 0 Å². The highest BCUT2D eigenvalue weighted by molar-refractivity contribution is 4.91. The molecular formula is C20H38O11. The predicted molar refractivity (Wildman–Crippen MR) is 106 cm³/mol. The fourth-order valence-electron chi connectivity index (χ4n) is 3.67. The van der Waals surface area contributed by atoms with E-state index in [1.165, 1.54) is 6.42 Å². The molecule has 0 aromatic carbocycles. The van der Waals surface area contributed by atoms with E-state index in [9.17, 15) is 35.7 Å². The van der Waals surface area contributed by atoms with Gasteiger partial charge in [0.05, 0.1) is 13.2 Å². The molecule has 0 saturated carbocycles. The van der Waals surface area contributed by atoms with Crippen LogP contribution in [0.1, 0.15) is 45.4 Å². The van der Waals surface area contributed by atoms with Crippen molar-refractivity contribution in [3.63, 3.8) is 0 Å². The maximum absolute atomic E-state index is 10.2. The van der Waals surface area contributed by atoms with E-state index in [0.717, 1.165) is 32.1 Å². The summed E-state index contributed by atoms with van der Waals surface area (Å²) < 4.78 is 21.7. The zero-order valence-corrected chi connectivity index (χ0v) is 17.9. The molecule has 0 aromatic heterocycles. The van der Waals surface area contributed by atoms with Gasteiger partial charge in [0, 0.05) is 6.61 Å². The third kappa shape index (κ3) is 7.27. The molecule has 10 atom stereocenters. The zero-order valence-electron chi connectivity index (χ0n) is 17.9. The molecule has 0 unspecified atom stereocenters. The van der Waals surface area contributed by atoms with Crippen LogP contribution in [0, 0.1) is 0 Å². The molecule has 2 heterocycles. The van der Waals surface area contributed by atoms with Crippen LogP contribution in [0.5, 0.6) is 0 Å². The van der Waals surface area contributed by atoms with Crippen molar-refractivity contribution in [2.75, 3.05) is 19.8 Å². The highest BCUT2D eigenvalue weighted by Gasteiger charge is 2.47. The summed E-state index contributed by atoms with van der Waals surface area (Å²) in [7, 11) is 0. The number of hydrogen-bond acceptors (Lipinski definition) is 11. The summed E-state index contributed by atoms with van der Waals surface area (Å²) in [6.45, 7) is 1.48. The highest BCUT2D eigenvalue weighted by Crippen LogP contribution is 2.26. The van der Waals surface area contributed by atoms with Crippen molar-refractivity contribution in [1.29, 1.82) is 0 Å². The van der Waals surface area contributed by atoms with Gasteiger partial charge < -0.3 is 54.7 Å². The second-order valence-corrected chi connectivity index (χ2v) is 8.18. The zero-order chi connectivity index (χ0) is 23.0. The van der Waals surface area contributed by atoms with Gasteiger partial charge in [-0.15, -0.1) is 0 Å². The topological polar surface area (TPSA) is 179 Å². The van der Waals surface area contributed by atoms with Crippen LogP contribution >= 0.6 is 0 Å². The van der Waals surface area contributed by atoms with Gasteiger partial charge in [0.1, 0.15) is 48.8 Å². The summed E-state index contributed by atoms with van der Waals surface area (Å²) in [6.07, 6.45) is -7.70. The standard InChI is InChI=1S/C20H38O11/c1-2-3-4-5-6-7-8-28-19-17(26)16(25)14(23)12(31-19)10-29-20-18(27)15(24)13(22)11(9-21)30-20/h11-27H,2-10H2,1H3/t11-,12-,13-,14-,15+,16+,17-,18-,19-,20+/m1/s1. The van der Waals surface area contributed by atoms with Gasteiger partial charge in [0.15, 0.2) is 12.6 Å². The van der Waals surface area contributed by atoms with Crippen LogP contribution in [-0.4, -0.2) is 117 Å². The maximum atomic E-state index is 10.2. The molecule has 0 amide bonds. The minimum Gasteiger partial charge on any atom is -0.394 e. The Kier molecular flexibility index (Phi) is 11.5. The fourth-order valence-corrected chi connectivity index (χ4v) is 3.67. The van der Waals surface area contributed by atoms with Crippen molar-refractivity contribution >= 4 is 0 Å². The van der Waals surface area contributed by atoms with Crippen molar-refractivity contribution in [2.45, 2.75) is 107 Å². The van der Waals surface area contributed by atoms with Crippen LogP contribution in [0.25, 0.3) is 0 Å². The van der Waals surface area contributed by atoms with E-state index < -0.39 is 68.0 Å². The molecule has 2 aliphatic rings. The Hall–Kier alpha value is -0.440. The van der Waals surface area contributed by atoms with Crippen LogP contribution in [0.15, 0.2) is 0 Å². The van der Waals surface area contributed by atoms with Crippen molar-refractivity contribution in [2.24, 2.45) is 0 Å². The van der Waals surface area contributed by atoms with Gasteiger partial charge in [0.25, 0.3) is 0 Å². The average molecular weight is 455 g/mol. The maximum Gasteiger partial charge on any atom is 0.186 e. The largest absolute Gasteiger partial charge is 0.394 e. The Labute approximate surface area is 182 Å². The van der Waals surface area contributed by atoms with E-state index in [1.54, 1.807) is 0 Å². The Morgan fingerprint density at radius 1 is 0.613 bits per heavy atom. The number of aliphatic hydroxyl groups excluding tert-OH is 7. The monoisotopic (exact) mass is 454 g/mol. The first kappa shape index (κ1) is 26.8. The van der Waals surface area contributed by atoms with Gasteiger partial charge in [-0.1, -0.05) is 39.0 Å². The molecule has 31 heavy (non-hydrogen) atoms. The smallest absolute Gasteiger partial charge is 0.186 e. The van der Waals surface area contributed by atoms with Crippen LogP contribution in [0.3, 0.4) is 0 Å². The SMILES string of the molecule is CCCCCCCCO[C@@H]1O[C@H](CO[C@H]2O[C@H](CO)[C@@H](O)[C@H](O)[C@H]2O)[C@@H](O)[C@H](O)[C@H]1O. The van der Waals surface area contributed by atoms with Crippen LogP contribution in [0.4, 0.5) is 0 Å². The van der Waals surface area contributed by atoms with Gasteiger partial charge >= 0.3 is 0 Å². The summed E-state index contributed by atoms with van der Waals surface area (Å²) in [4.78, 5) is 0. The molecule has 0 aromatic rings. The first-order chi connectivity index (χ1) is 14.8. The predicted octanol–water partition coefficient (Wildman–Crippen LogP) is -2.01. The van der Waals surface area contributed by atoms with E-state index in [2.05, 4.69) is 6.92 Å². The third-order valence-corrected chi connectivity index (χ3v) is 5.72. The Balaban J connectivity index is 1.83. The van der Waals surface area contributed by atoms with Crippen molar-refractivity contribution in [3.8, 4) is 0 Å². The summed E-state index contributed by atoms with van der Waals surface area (Å²) in [5.74, 6) is 0. The minimum atomic E-state index is -1.60. The van der Waals surface area contributed by atoms with Gasteiger partial charge in [-0.2, -0.15) is 0 Å². The number of ether oxygens (including phenoxy) is 4. The second-order valence-electron chi connectivity index (χ2n) is 8.18. The first-order valence-corrected chi connectivity index (χ1v) is 11.0. The highest BCUT2D eigenvalue weighted by atomic mass is 16.7. The Bertz CT molecular complexity index is 494. The molecule has 11 heteroatoms. The molecule has 2 saturated heterocycles. The van der Waals surface area contributed by atoms with Crippen LogP contribution < -0.4 is 0 Å². The number of aliphatic hydroxyl groups is 7. The summed E-state index contributed by atoms with van der Waals surface area (Å²) in [6, 6.07) is 0. The van der Waals surface area contributed by atoms with Gasteiger partial charge in [-0.3, -0.25) is 0 Å².